The molecule has 2 heterocycles. The van der Waals surface area contributed by atoms with Gasteiger partial charge in [-0.2, -0.15) is 0 Å². The van der Waals surface area contributed by atoms with Crippen LogP contribution < -0.4 is 5.32 Å². The average molecular weight is 264 g/mol. The van der Waals surface area contributed by atoms with E-state index in [1.54, 1.807) is 19.1 Å². The summed E-state index contributed by atoms with van der Waals surface area (Å²) < 4.78 is 5.26. The van der Waals surface area contributed by atoms with Gasteiger partial charge in [0, 0.05) is 10.8 Å². The fraction of sp³-hybridized carbons (Fsp3) is 0.385. The Morgan fingerprint density at radius 2 is 2.11 bits per heavy atom. The summed E-state index contributed by atoms with van der Waals surface area (Å²) in [4.78, 5) is 16.2. The Morgan fingerprint density at radius 3 is 2.61 bits per heavy atom. The Balaban J connectivity index is 2.10. The van der Waals surface area contributed by atoms with Gasteiger partial charge in [0.1, 0.15) is 5.76 Å². The zero-order chi connectivity index (χ0) is 13.3. The molecular formula is C13H16N2O2S. The molecule has 0 fully saturated rings. The number of nitrogens with zero attached hydrogens (tertiary/aromatic N) is 1. The number of rotatable bonds is 2. The van der Waals surface area contributed by atoms with Crippen molar-refractivity contribution in [3.8, 4) is 0 Å². The van der Waals surface area contributed by atoms with Crippen LogP contribution in [0.1, 0.15) is 42.8 Å². The first-order valence-corrected chi connectivity index (χ1v) is 6.58. The summed E-state index contributed by atoms with van der Waals surface area (Å²) in [5.41, 5.74) is 0.958. The molecule has 0 unspecified atom stereocenters. The first-order chi connectivity index (χ1) is 8.36. The average Bonchev–Trinajstić information content (AvgIpc) is 2.85. The molecule has 0 aliphatic heterocycles. The van der Waals surface area contributed by atoms with Crippen LogP contribution in [-0.2, 0) is 5.41 Å². The van der Waals surface area contributed by atoms with Crippen molar-refractivity contribution in [2.45, 2.75) is 33.1 Å². The molecule has 18 heavy (non-hydrogen) atoms. The number of carbonyl (C=O) groups is 1. The molecule has 0 spiro atoms. The molecule has 0 saturated heterocycles. The highest BCUT2D eigenvalue weighted by molar-refractivity contribution is 7.14. The molecule has 0 atom stereocenters. The van der Waals surface area contributed by atoms with Crippen LogP contribution >= 0.6 is 11.3 Å². The summed E-state index contributed by atoms with van der Waals surface area (Å²) in [6.07, 6.45) is 0. The van der Waals surface area contributed by atoms with Gasteiger partial charge in [-0.1, -0.05) is 20.8 Å². The Morgan fingerprint density at radius 1 is 1.39 bits per heavy atom. The molecule has 2 aromatic rings. The van der Waals surface area contributed by atoms with E-state index in [0.717, 1.165) is 11.5 Å². The number of hydrogen-bond donors (Lipinski definition) is 1. The Bertz CT molecular complexity index is 564. The van der Waals surface area contributed by atoms with Crippen LogP contribution in [0.4, 0.5) is 5.13 Å². The third-order valence-corrected chi connectivity index (χ3v) is 3.21. The van der Waals surface area contributed by atoms with Crippen LogP contribution in [0.5, 0.6) is 0 Å². The van der Waals surface area contributed by atoms with Crippen molar-refractivity contribution in [1.82, 2.24) is 4.98 Å². The number of amides is 1. The van der Waals surface area contributed by atoms with Crippen molar-refractivity contribution < 1.29 is 9.21 Å². The van der Waals surface area contributed by atoms with E-state index >= 15 is 0 Å². The lowest BCUT2D eigenvalue weighted by molar-refractivity contribution is 0.0995. The largest absolute Gasteiger partial charge is 0.456 e. The van der Waals surface area contributed by atoms with E-state index in [9.17, 15) is 4.79 Å². The number of carbonyl (C=O) groups excluding carboxylic acids is 1. The van der Waals surface area contributed by atoms with Crippen LogP contribution in [0, 0.1) is 6.92 Å². The lowest BCUT2D eigenvalue weighted by Gasteiger charge is -2.14. The number of nitrogens with one attached hydrogen (secondary N) is 1. The Labute approximate surface area is 110 Å². The van der Waals surface area contributed by atoms with Crippen molar-refractivity contribution in [3.05, 3.63) is 34.7 Å². The first-order valence-electron chi connectivity index (χ1n) is 5.70. The summed E-state index contributed by atoms with van der Waals surface area (Å²) in [5.74, 6) is 0.757. The molecule has 0 radical (unpaired) electrons. The summed E-state index contributed by atoms with van der Waals surface area (Å²) in [6, 6.07) is 3.42. The predicted molar refractivity (Wildman–Crippen MR) is 72.2 cm³/mol. The molecule has 5 heteroatoms. The Kier molecular flexibility index (Phi) is 3.26. The molecule has 0 aliphatic rings. The number of aryl methyl sites for hydroxylation is 1. The van der Waals surface area contributed by atoms with Gasteiger partial charge in [-0.05, 0) is 19.1 Å². The van der Waals surface area contributed by atoms with Crippen LogP contribution in [0.3, 0.4) is 0 Å². The van der Waals surface area contributed by atoms with Gasteiger partial charge in [-0.25, -0.2) is 4.98 Å². The summed E-state index contributed by atoms with van der Waals surface area (Å²) >= 11 is 1.42. The summed E-state index contributed by atoms with van der Waals surface area (Å²) in [6.45, 7) is 8.06. The van der Waals surface area contributed by atoms with Crippen LogP contribution in [0.25, 0.3) is 0 Å². The maximum absolute atomic E-state index is 11.8. The minimum Gasteiger partial charge on any atom is -0.456 e. The SMILES string of the molecule is Cc1ccc(C(=O)Nc2nc(C(C)(C)C)cs2)o1. The normalized spacial score (nSPS) is 11.6. The molecule has 0 bridgehead atoms. The van der Waals surface area contributed by atoms with Crippen molar-refractivity contribution in [1.29, 1.82) is 0 Å². The van der Waals surface area contributed by atoms with Crippen molar-refractivity contribution >= 4 is 22.4 Å². The lowest BCUT2D eigenvalue weighted by atomic mass is 9.93. The van der Waals surface area contributed by atoms with Gasteiger partial charge >= 0.3 is 0 Å². The highest BCUT2D eigenvalue weighted by Gasteiger charge is 2.19. The van der Waals surface area contributed by atoms with Gasteiger partial charge < -0.3 is 4.42 Å². The second-order valence-corrected chi connectivity index (χ2v) is 6.01. The lowest BCUT2D eigenvalue weighted by Crippen LogP contribution is -2.13. The Hall–Kier alpha value is -1.62. The zero-order valence-corrected chi connectivity index (χ0v) is 11.7. The maximum Gasteiger partial charge on any atom is 0.293 e. The van der Waals surface area contributed by atoms with E-state index in [4.69, 9.17) is 4.42 Å². The molecule has 96 valence electrons. The van der Waals surface area contributed by atoms with Gasteiger partial charge in [0.2, 0.25) is 0 Å². The van der Waals surface area contributed by atoms with Gasteiger partial charge in [-0.3, -0.25) is 10.1 Å². The fourth-order valence-corrected chi connectivity index (χ4v) is 2.32. The van der Waals surface area contributed by atoms with E-state index in [0.29, 0.717) is 10.9 Å². The smallest absolute Gasteiger partial charge is 0.293 e. The van der Waals surface area contributed by atoms with E-state index < -0.39 is 0 Å². The van der Waals surface area contributed by atoms with Crippen LogP contribution in [0.2, 0.25) is 0 Å². The van der Waals surface area contributed by atoms with Crippen molar-refractivity contribution in [3.63, 3.8) is 0 Å². The highest BCUT2D eigenvalue weighted by Crippen LogP contribution is 2.26. The van der Waals surface area contributed by atoms with Crippen molar-refractivity contribution in [2.24, 2.45) is 0 Å². The number of hydrogen-bond acceptors (Lipinski definition) is 4. The molecule has 1 amide bonds. The molecule has 0 aromatic carbocycles. The minimum absolute atomic E-state index is 0.0131. The van der Waals surface area contributed by atoms with E-state index in [1.165, 1.54) is 11.3 Å². The molecule has 1 N–H and O–H groups in total. The van der Waals surface area contributed by atoms with Crippen LogP contribution in [-0.4, -0.2) is 10.9 Å². The molecule has 4 nitrogen and oxygen atoms in total. The standard InChI is InChI=1S/C13H16N2O2S/c1-8-5-6-9(17-8)11(16)15-12-14-10(7-18-12)13(2,3)4/h5-7H,1-4H3,(H,14,15,16). The number of anilines is 1. The molecule has 0 saturated carbocycles. The van der Waals surface area contributed by atoms with Gasteiger partial charge in [-0.15, -0.1) is 11.3 Å². The maximum atomic E-state index is 11.8. The molecule has 2 rings (SSSR count). The van der Waals surface area contributed by atoms with Gasteiger partial charge in [0.05, 0.1) is 5.69 Å². The molecule has 0 aliphatic carbocycles. The molecular weight excluding hydrogens is 248 g/mol. The summed E-state index contributed by atoms with van der Waals surface area (Å²) in [7, 11) is 0. The quantitative estimate of drug-likeness (QED) is 0.901. The second-order valence-electron chi connectivity index (χ2n) is 5.15. The van der Waals surface area contributed by atoms with E-state index in [1.807, 2.05) is 5.38 Å². The predicted octanol–water partition coefficient (Wildman–Crippen LogP) is 3.59. The molecule has 2 aromatic heterocycles. The third-order valence-electron chi connectivity index (χ3n) is 2.46. The fourth-order valence-electron chi connectivity index (χ4n) is 1.39. The number of furan rings is 1. The van der Waals surface area contributed by atoms with E-state index in [-0.39, 0.29) is 11.3 Å². The minimum atomic E-state index is -0.266. The highest BCUT2D eigenvalue weighted by atomic mass is 32.1. The topological polar surface area (TPSA) is 55.1 Å². The first kappa shape index (κ1) is 12.8. The van der Waals surface area contributed by atoms with Crippen LogP contribution in [0.15, 0.2) is 21.9 Å². The second kappa shape index (κ2) is 4.57. The zero-order valence-electron chi connectivity index (χ0n) is 10.9. The number of aromatic nitrogens is 1. The monoisotopic (exact) mass is 264 g/mol. The van der Waals surface area contributed by atoms with Crippen molar-refractivity contribution in [2.75, 3.05) is 5.32 Å². The third kappa shape index (κ3) is 2.79. The van der Waals surface area contributed by atoms with Gasteiger partial charge in [0.25, 0.3) is 5.91 Å². The van der Waals surface area contributed by atoms with E-state index in [2.05, 4.69) is 31.1 Å². The number of thiazole rings is 1. The van der Waals surface area contributed by atoms with Gasteiger partial charge in [0.15, 0.2) is 10.9 Å². The summed E-state index contributed by atoms with van der Waals surface area (Å²) in [5, 5.41) is 5.30.